The van der Waals surface area contributed by atoms with Crippen molar-refractivity contribution < 1.29 is 5.11 Å². The van der Waals surface area contributed by atoms with Gasteiger partial charge in [0.25, 0.3) is 0 Å². The first-order valence-corrected chi connectivity index (χ1v) is 11.0. The molecule has 2 aromatic rings. The van der Waals surface area contributed by atoms with Crippen LogP contribution in [0.15, 0.2) is 51.9 Å². The summed E-state index contributed by atoms with van der Waals surface area (Å²) in [5.74, 6) is 3.29. The van der Waals surface area contributed by atoms with Gasteiger partial charge in [-0.15, -0.1) is 0 Å². The summed E-state index contributed by atoms with van der Waals surface area (Å²) >= 11 is 3.43. The van der Waals surface area contributed by atoms with Crippen molar-refractivity contribution in [3.8, 4) is 5.75 Å². The molecule has 27 heavy (non-hydrogen) atoms. The number of halogens is 1. The van der Waals surface area contributed by atoms with E-state index in [-0.39, 0.29) is 5.75 Å². The predicted molar refractivity (Wildman–Crippen MR) is 114 cm³/mol. The van der Waals surface area contributed by atoms with Crippen molar-refractivity contribution in [3.63, 3.8) is 0 Å². The van der Waals surface area contributed by atoms with Crippen LogP contribution in [0.2, 0.25) is 0 Å². The molecule has 4 saturated carbocycles. The third kappa shape index (κ3) is 3.59. The van der Waals surface area contributed by atoms with Gasteiger partial charge in [-0.25, -0.2) is 0 Å². The maximum atomic E-state index is 9.93. The van der Waals surface area contributed by atoms with Crippen molar-refractivity contribution in [3.05, 3.63) is 58.1 Å². The van der Waals surface area contributed by atoms with E-state index in [0.717, 1.165) is 33.5 Å². The Kier molecular flexibility index (Phi) is 4.39. The van der Waals surface area contributed by atoms with Gasteiger partial charge in [-0.1, -0.05) is 28.1 Å². The second-order valence-corrected chi connectivity index (χ2v) is 10.1. The summed E-state index contributed by atoms with van der Waals surface area (Å²) in [6, 6.07) is 14.1. The summed E-state index contributed by atoms with van der Waals surface area (Å²) < 4.78 is 0.938. The minimum atomic E-state index is 0.250. The molecule has 0 aromatic heterocycles. The maximum Gasteiger partial charge on any atom is 0.124 e. The van der Waals surface area contributed by atoms with E-state index in [4.69, 9.17) is 0 Å². The molecule has 1 N–H and O–H groups in total. The van der Waals surface area contributed by atoms with Crippen LogP contribution in [-0.4, -0.2) is 11.3 Å². The van der Waals surface area contributed by atoms with Crippen molar-refractivity contribution >= 4 is 27.8 Å². The number of benzene rings is 2. The molecule has 2 nitrogen and oxygen atoms in total. The van der Waals surface area contributed by atoms with Crippen LogP contribution in [0.25, 0.3) is 0 Å². The van der Waals surface area contributed by atoms with E-state index in [1.165, 1.54) is 50.5 Å². The highest BCUT2D eigenvalue weighted by Gasteiger charge is 2.50. The summed E-state index contributed by atoms with van der Waals surface area (Å²) in [5.41, 5.74) is 3.70. The third-order valence-corrected chi connectivity index (χ3v) is 7.52. The SMILES string of the molecule is Oc1ccc(Br)cc1C=Nc1ccc(CC23CC4CC(CC(C4)C2)C3)cc1. The molecule has 0 atom stereocenters. The van der Waals surface area contributed by atoms with E-state index >= 15 is 0 Å². The lowest BCUT2D eigenvalue weighted by molar-refractivity contribution is -0.0521. The molecule has 4 bridgehead atoms. The van der Waals surface area contributed by atoms with Crippen LogP contribution in [-0.2, 0) is 6.42 Å². The number of phenols is 1. The van der Waals surface area contributed by atoms with E-state index in [1.54, 1.807) is 12.3 Å². The van der Waals surface area contributed by atoms with Crippen LogP contribution < -0.4 is 0 Å². The number of hydrogen-bond acceptors (Lipinski definition) is 2. The van der Waals surface area contributed by atoms with Gasteiger partial charge in [-0.3, -0.25) is 4.99 Å². The number of hydrogen-bond donors (Lipinski definition) is 1. The summed E-state index contributed by atoms with van der Waals surface area (Å²) in [7, 11) is 0. The lowest BCUT2D eigenvalue weighted by Gasteiger charge is -2.57. The number of aliphatic imine (C=N–C) groups is 1. The van der Waals surface area contributed by atoms with Crippen LogP contribution in [0.4, 0.5) is 5.69 Å². The van der Waals surface area contributed by atoms with Crippen LogP contribution in [0.5, 0.6) is 5.75 Å². The molecule has 0 radical (unpaired) electrons. The minimum absolute atomic E-state index is 0.250. The predicted octanol–water partition coefficient (Wildman–Crippen LogP) is 6.66. The fraction of sp³-hybridized carbons (Fsp3) is 0.458. The van der Waals surface area contributed by atoms with Gasteiger partial charge in [0, 0.05) is 16.3 Å². The Hall–Kier alpha value is -1.61. The first-order valence-electron chi connectivity index (χ1n) is 10.2. The van der Waals surface area contributed by atoms with E-state index < -0.39 is 0 Å². The molecule has 3 heteroatoms. The summed E-state index contributed by atoms with van der Waals surface area (Å²) in [4.78, 5) is 4.54. The van der Waals surface area contributed by atoms with E-state index in [1.807, 2.05) is 12.1 Å². The Morgan fingerprint density at radius 1 is 0.963 bits per heavy atom. The molecule has 0 aliphatic heterocycles. The zero-order valence-electron chi connectivity index (χ0n) is 15.6. The van der Waals surface area contributed by atoms with Crippen molar-refractivity contribution in [2.24, 2.45) is 28.2 Å². The van der Waals surface area contributed by atoms with Gasteiger partial charge in [-0.2, -0.15) is 0 Å². The molecule has 0 saturated heterocycles. The fourth-order valence-electron chi connectivity index (χ4n) is 6.41. The zero-order valence-corrected chi connectivity index (χ0v) is 17.2. The summed E-state index contributed by atoms with van der Waals surface area (Å²) in [6.45, 7) is 0. The molecular weight excluding hydrogens is 398 g/mol. The first-order chi connectivity index (χ1) is 13.1. The number of rotatable bonds is 4. The van der Waals surface area contributed by atoms with Crippen molar-refractivity contribution in [2.75, 3.05) is 0 Å². The van der Waals surface area contributed by atoms with E-state index in [0.29, 0.717) is 5.41 Å². The maximum absolute atomic E-state index is 9.93. The highest BCUT2D eigenvalue weighted by Crippen LogP contribution is 2.61. The van der Waals surface area contributed by atoms with E-state index in [2.05, 4.69) is 45.2 Å². The normalized spacial score (nSPS) is 31.7. The molecular formula is C24H26BrNO. The Morgan fingerprint density at radius 2 is 1.59 bits per heavy atom. The monoisotopic (exact) mass is 423 g/mol. The van der Waals surface area contributed by atoms with E-state index in [9.17, 15) is 5.11 Å². The van der Waals surface area contributed by atoms with Gasteiger partial charge < -0.3 is 5.11 Å². The van der Waals surface area contributed by atoms with Crippen molar-refractivity contribution in [1.82, 2.24) is 0 Å². The molecule has 4 fully saturated rings. The van der Waals surface area contributed by atoms with Crippen LogP contribution in [0.1, 0.15) is 49.7 Å². The number of phenolic OH excluding ortho intramolecular Hbond substituents is 1. The third-order valence-electron chi connectivity index (χ3n) is 7.02. The molecule has 4 aliphatic carbocycles. The molecule has 2 aromatic carbocycles. The quantitative estimate of drug-likeness (QED) is 0.547. The topological polar surface area (TPSA) is 32.6 Å². The molecule has 0 amide bonds. The average molecular weight is 424 g/mol. The second-order valence-electron chi connectivity index (χ2n) is 9.22. The molecule has 4 aliphatic rings. The largest absolute Gasteiger partial charge is 0.507 e. The molecule has 0 spiro atoms. The van der Waals surface area contributed by atoms with Gasteiger partial charge in [0.05, 0.1) is 5.69 Å². The summed E-state index contributed by atoms with van der Waals surface area (Å²) in [5, 5.41) is 9.93. The zero-order chi connectivity index (χ0) is 18.4. The van der Waals surface area contributed by atoms with Gasteiger partial charge in [0.15, 0.2) is 0 Å². The van der Waals surface area contributed by atoms with Crippen LogP contribution >= 0.6 is 15.9 Å². The van der Waals surface area contributed by atoms with Gasteiger partial charge in [-0.05, 0) is 104 Å². The molecule has 0 heterocycles. The Labute approximate surface area is 169 Å². The average Bonchev–Trinajstić information content (AvgIpc) is 2.62. The second kappa shape index (κ2) is 6.77. The van der Waals surface area contributed by atoms with Crippen molar-refractivity contribution in [1.29, 1.82) is 0 Å². The van der Waals surface area contributed by atoms with Gasteiger partial charge >= 0.3 is 0 Å². The molecule has 0 unspecified atom stereocenters. The highest BCUT2D eigenvalue weighted by atomic mass is 79.9. The van der Waals surface area contributed by atoms with Gasteiger partial charge in [0.2, 0.25) is 0 Å². The van der Waals surface area contributed by atoms with Crippen molar-refractivity contribution in [2.45, 2.75) is 44.9 Å². The Morgan fingerprint density at radius 3 is 2.22 bits per heavy atom. The molecule has 6 rings (SSSR count). The fourth-order valence-corrected chi connectivity index (χ4v) is 6.79. The van der Waals surface area contributed by atoms with Crippen LogP contribution in [0, 0.1) is 23.2 Å². The first kappa shape index (κ1) is 17.5. The Bertz CT molecular complexity index is 835. The standard InChI is InChI=1S/C24H26BrNO/c25-21-3-6-23(27)20(10-21)15-26-22-4-1-16(2-5-22)11-24-12-17-7-18(13-24)9-19(8-17)14-24/h1-6,10,15,17-19,27H,7-9,11-14H2. The Balaban J connectivity index is 1.29. The lowest BCUT2D eigenvalue weighted by Crippen LogP contribution is -2.47. The number of nitrogens with zero attached hydrogens (tertiary/aromatic N) is 1. The highest BCUT2D eigenvalue weighted by molar-refractivity contribution is 9.10. The molecule has 140 valence electrons. The number of aromatic hydroxyl groups is 1. The summed E-state index contributed by atoms with van der Waals surface area (Å²) in [6.07, 6.45) is 11.9. The lowest BCUT2D eigenvalue weighted by atomic mass is 9.48. The smallest absolute Gasteiger partial charge is 0.124 e. The van der Waals surface area contributed by atoms with Gasteiger partial charge in [0.1, 0.15) is 5.75 Å². The minimum Gasteiger partial charge on any atom is -0.507 e. The van der Waals surface area contributed by atoms with Crippen LogP contribution in [0.3, 0.4) is 0 Å².